The van der Waals surface area contributed by atoms with E-state index in [1.807, 2.05) is 0 Å². The number of carbonyl (C=O) groups excluding carboxylic acids is 2. The van der Waals surface area contributed by atoms with Gasteiger partial charge in [-0.15, -0.1) is 0 Å². The van der Waals surface area contributed by atoms with Crippen LogP contribution in [0.1, 0.15) is 57.8 Å². The van der Waals surface area contributed by atoms with Crippen molar-refractivity contribution in [2.45, 2.75) is 81.6 Å². The molecule has 6 nitrogen and oxygen atoms in total. The fourth-order valence-electron chi connectivity index (χ4n) is 4.53. The summed E-state index contributed by atoms with van der Waals surface area (Å²) in [6.45, 7) is -0.610. The molecular formula is C18H28F3N3O3. The second kappa shape index (κ2) is 8.24. The molecule has 3 fully saturated rings. The van der Waals surface area contributed by atoms with Gasteiger partial charge in [0, 0.05) is 19.2 Å². The maximum absolute atomic E-state index is 12.6. The fourth-order valence-corrected chi connectivity index (χ4v) is 4.53. The molecule has 0 aromatic rings. The number of piperidine rings is 1. The van der Waals surface area contributed by atoms with Gasteiger partial charge in [-0.3, -0.25) is 4.79 Å². The van der Waals surface area contributed by atoms with Crippen LogP contribution in [0.25, 0.3) is 0 Å². The molecule has 9 heteroatoms. The molecule has 0 aromatic carbocycles. The highest BCUT2D eigenvalue weighted by Crippen LogP contribution is 2.38. The van der Waals surface area contributed by atoms with E-state index in [-0.39, 0.29) is 18.2 Å². The predicted octanol–water partition coefficient (Wildman–Crippen LogP) is 2.72. The topological polar surface area (TPSA) is 70.7 Å². The minimum Gasteiger partial charge on any atom is -0.375 e. The van der Waals surface area contributed by atoms with Gasteiger partial charge in [-0.1, -0.05) is 19.3 Å². The van der Waals surface area contributed by atoms with Crippen molar-refractivity contribution in [1.29, 1.82) is 0 Å². The molecule has 0 unspecified atom stereocenters. The zero-order valence-corrected chi connectivity index (χ0v) is 15.4. The molecule has 3 rings (SSSR count). The predicted molar refractivity (Wildman–Crippen MR) is 92.1 cm³/mol. The quantitative estimate of drug-likeness (QED) is 0.777. The molecule has 2 heterocycles. The fraction of sp³-hybridized carbons (Fsp3) is 0.889. The van der Waals surface area contributed by atoms with Gasteiger partial charge in [-0.2, -0.15) is 13.2 Å². The Morgan fingerprint density at radius 3 is 2.59 bits per heavy atom. The van der Waals surface area contributed by atoms with Gasteiger partial charge in [0.2, 0.25) is 5.91 Å². The van der Waals surface area contributed by atoms with Crippen molar-refractivity contribution in [3.63, 3.8) is 0 Å². The summed E-state index contributed by atoms with van der Waals surface area (Å²) in [5.74, 6) is -0.663. The Morgan fingerprint density at radius 1 is 1.15 bits per heavy atom. The first kappa shape index (κ1) is 20.2. The molecule has 3 amide bonds. The van der Waals surface area contributed by atoms with Gasteiger partial charge < -0.3 is 20.3 Å². The Labute approximate surface area is 157 Å². The van der Waals surface area contributed by atoms with Gasteiger partial charge in [0.25, 0.3) is 0 Å². The zero-order chi connectivity index (χ0) is 19.5. The minimum atomic E-state index is -4.43. The van der Waals surface area contributed by atoms with Crippen LogP contribution in [0, 0.1) is 0 Å². The maximum atomic E-state index is 12.6. The minimum absolute atomic E-state index is 0.0400. The molecule has 0 aromatic heterocycles. The molecule has 1 saturated carbocycles. The third-order valence-corrected chi connectivity index (χ3v) is 5.80. The summed E-state index contributed by atoms with van der Waals surface area (Å²) in [6.07, 6.45) is 3.28. The van der Waals surface area contributed by atoms with Crippen molar-refractivity contribution < 1.29 is 27.5 Å². The summed E-state index contributed by atoms with van der Waals surface area (Å²) in [5.41, 5.74) is -0.154. The molecule has 2 aliphatic heterocycles. The number of urea groups is 1. The van der Waals surface area contributed by atoms with Crippen LogP contribution in [-0.2, 0) is 9.53 Å². The van der Waals surface area contributed by atoms with Crippen LogP contribution < -0.4 is 10.6 Å². The summed E-state index contributed by atoms with van der Waals surface area (Å²) < 4.78 is 43.7. The summed E-state index contributed by atoms with van der Waals surface area (Å²) in [5, 5.41) is 5.47. The van der Waals surface area contributed by atoms with Crippen LogP contribution in [0.15, 0.2) is 0 Å². The molecule has 2 N–H and O–H groups in total. The van der Waals surface area contributed by atoms with Crippen molar-refractivity contribution in [3.8, 4) is 0 Å². The van der Waals surface area contributed by atoms with Crippen LogP contribution in [0.3, 0.4) is 0 Å². The average Bonchev–Trinajstić information content (AvgIpc) is 2.58. The number of rotatable bonds is 3. The van der Waals surface area contributed by atoms with E-state index in [0.717, 1.165) is 37.0 Å². The van der Waals surface area contributed by atoms with E-state index in [1.54, 1.807) is 0 Å². The monoisotopic (exact) mass is 391 g/mol. The lowest BCUT2D eigenvalue weighted by molar-refractivity contribution is -0.164. The summed E-state index contributed by atoms with van der Waals surface area (Å²) in [6, 6.07) is -1.42. The molecule has 1 spiro atoms. The number of nitrogens with zero attached hydrogens (tertiary/aromatic N) is 1. The summed E-state index contributed by atoms with van der Waals surface area (Å²) in [7, 11) is 0. The number of halogens is 3. The largest absolute Gasteiger partial charge is 0.406 e. The highest BCUT2D eigenvalue weighted by Gasteiger charge is 2.40. The van der Waals surface area contributed by atoms with Gasteiger partial charge in [-0.25, -0.2) is 4.79 Å². The number of amides is 3. The highest BCUT2D eigenvalue weighted by atomic mass is 19.4. The lowest BCUT2D eigenvalue weighted by Gasteiger charge is -2.43. The lowest BCUT2D eigenvalue weighted by atomic mass is 9.78. The van der Waals surface area contributed by atoms with Gasteiger partial charge in [0.15, 0.2) is 0 Å². The van der Waals surface area contributed by atoms with Gasteiger partial charge in [-0.05, 0) is 38.5 Å². The number of hydrogen-bond donors (Lipinski definition) is 2. The number of nitrogens with one attached hydrogen (secondary N) is 2. The van der Waals surface area contributed by atoms with Crippen LogP contribution in [0.2, 0.25) is 0 Å². The number of hydrogen-bond acceptors (Lipinski definition) is 3. The second-order valence-electron chi connectivity index (χ2n) is 7.97. The van der Waals surface area contributed by atoms with E-state index in [1.165, 1.54) is 6.42 Å². The van der Waals surface area contributed by atoms with Gasteiger partial charge >= 0.3 is 12.2 Å². The number of alkyl halides is 3. The maximum Gasteiger partial charge on any atom is 0.406 e. The van der Waals surface area contributed by atoms with Crippen LogP contribution in [-0.4, -0.2) is 60.4 Å². The van der Waals surface area contributed by atoms with Crippen LogP contribution in [0.4, 0.5) is 18.0 Å². The van der Waals surface area contributed by atoms with Crippen molar-refractivity contribution in [3.05, 3.63) is 0 Å². The molecule has 0 radical (unpaired) electrons. The Hall–Kier alpha value is -1.51. The van der Waals surface area contributed by atoms with Crippen LogP contribution >= 0.6 is 0 Å². The van der Waals surface area contributed by atoms with E-state index >= 15 is 0 Å². The van der Waals surface area contributed by atoms with Crippen molar-refractivity contribution in [2.75, 3.05) is 19.7 Å². The van der Waals surface area contributed by atoms with Gasteiger partial charge in [0.1, 0.15) is 12.6 Å². The number of ether oxygens (including phenoxy) is 1. The average molecular weight is 391 g/mol. The van der Waals surface area contributed by atoms with E-state index in [4.69, 9.17) is 4.74 Å². The van der Waals surface area contributed by atoms with E-state index in [2.05, 4.69) is 10.6 Å². The zero-order valence-electron chi connectivity index (χ0n) is 15.4. The van der Waals surface area contributed by atoms with E-state index in [9.17, 15) is 22.8 Å². The highest BCUT2D eigenvalue weighted by molar-refractivity contribution is 5.87. The first-order chi connectivity index (χ1) is 12.8. The SMILES string of the molecule is O=C(N[C@@H]1CCOC2(CCCCC2)C1)N[C@H]1CCCN(CC(F)(F)F)C1=O. The third-order valence-electron chi connectivity index (χ3n) is 5.80. The molecule has 3 aliphatic rings. The lowest BCUT2D eigenvalue weighted by Crippen LogP contribution is -2.58. The molecule has 27 heavy (non-hydrogen) atoms. The molecule has 0 bridgehead atoms. The number of carbonyl (C=O) groups is 2. The molecule has 154 valence electrons. The Bertz CT molecular complexity index is 544. The Kier molecular flexibility index (Phi) is 6.18. The smallest absolute Gasteiger partial charge is 0.375 e. The van der Waals surface area contributed by atoms with E-state index < -0.39 is 30.7 Å². The first-order valence-corrected chi connectivity index (χ1v) is 9.83. The van der Waals surface area contributed by atoms with Crippen molar-refractivity contribution in [1.82, 2.24) is 15.5 Å². The molecule has 2 saturated heterocycles. The summed E-state index contributed by atoms with van der Waals surface area (Å²) >= 11 is 0. The molecule has 2 atom stereocenters. The molecule has 1 aliphatic carbocycles. The standard InChI is InChI=1S/C18H28F3N3O3/c19-18(20,21)12-24-9-4-5-14(15(24)25)23-16(26)22-13-6-10-27-17(11-13)7-2-1-3-8-17/h13-14H,1-12H2,(H2,22,23,26)/t13-,14+/m1/s1. The van der Waals surface area contributed by atoms with Crippen LogP contribution in [0.5, 0.6) is 0 Å². The normalized spacial score (nSPS) is 28.9. The third kappa shape index (κ3) is 5.49. The van der Waals surface area contributed by atoms with Crippen molar-refractivity contribution >= 4 is 11.9 Å². The second-order valence-corrected chi connectivity index (χ2v) is 7.97. The Balaban J connectivity index is 1.50. The van der Waals surface area contributed by atoms with Gasteiger partial charge in [0.05, 0.1) is 5.60 Å². The Morgan fingerprint density at radius 2 is 1.89 bits per heavy atom. The molecular weight excluding hydrogens is 363 g/mol. The van der Waals surface area contributed by atoms with Crippen molar-refractivity contribution in [2.24, 2.45) is 0 Å². The number of likely N-dealkylation sites (tertiary alicyclic amines) is 1. The summed E-state index contributed by atoms with van der Waals surface area (Å²) in [4.78, 5) is 25.3. The first-order valence-electron chi connectivity index (χ1n) is 9.83. The van der Waals surface area contributed by atoms with E-state index in [0.29, 0.717) is 25.9 Å².